The van der Waals surface area contributed by atoms with Crippen LogP contribution in [0.25, 0.3) is 0 Å². The van der Waals surface area contributed by atoms with E-state index in [1.165, 1.54) is 0 Å². The first-order chi connectivity index (χ1) is 6.72. The third-order valence-electron chi connectivity index (χ3n) is 2.43. The lowest BCUT2D eigenvalue weighted by atomic mass is 10.5. The minimum Gasteiger partial charge on any atom is -0.354 e. The van der Waals surface area contributed by atoms with Crippen LogP contribution in [0.3, 0.4) is 0 Å². The third-order valence-corrected chi connectivity index (χ3v) is 2.43. The Labute approximate surface area is 85.2 Å². The Hall–Kier alpha value is -0.650. The quantitative estimate of drug-likeness (QED) is 0.424. The molecule has 0 atom stereocenters. The molecule has 0 aliphatic carbocycles. The van der Waals surface area contributed by atoms with Crippen LogP contribution in [0.15, 0.2) is 0 Å². The Morgan fingerprint density at radius 2 is 2.00 bits per heavy atom. The van der Waals surface area contributed by atoms with Gasteiger partial charge in [-0.2, -0.15) is 0 Å². The van der Waals surface area contributed by atoms with Crippen molar-refractivity contribution in [3.05, 3.63) is 0 Å². The number of hydrogen-bond acceptors (Lipinski definition) is 4. The van der Waals surface area contributed by atoms with Gasteiger partial charge in [-0.3, -0.25) is 9.69 Å². The van der Waals surface area contributed by atoms with Gasteiger partial charge in [0.25, 0.3) is 0 Å². The molecule has 5 heteroatoms. The molecule has 82 valence electrons. The molecular formula is C9H20N4O. The maximum absolute atomic E-state index is 11.3. The fraction of sp³-hybridized carbons (Fsp3) is 0.889. The number of amides is 1. The van der Waals surface area contributed by atoms with E-state index in [0.717, 1.165) is 26.2 Å². The van der Waals surface area contributed by atoms with Crippen LogP contribution >= 0.6 is 0 Å². The second-order valence-electron chi connectivity index (χ2n) is 3.72. The average molecular weight is 204 g/mol. The molecule has 1 amide bonds. The zero-order valence-electron chi connectivity index (χ0n) is 8.83. The smallest absolute Gasteiger partial charge is 0.234 e. The SMILES string of the molecule is CN1CC[15N]([13CH2][13C](=O)NCCN)[13CH2]C1. The van der Waals surface area contributed by atoms with Crippen molar-refractivity contribution in [3.63, 3.8) is 0 Å². The molecule has 0 aromatic rings. The standard InChI is InChI=1S/C9H20N4O/c1-12-4-6-13(7-5-12)8-9(14)11-3-2-10/h2-8,10H2,1H3,(H,11,14)/i6+1,8+1,9+1,13+1. The summed E-state index contributed by atoms with van der Waals surface area (Å²) in [6.45, 7) is 5.64. The van der Waals surface area contributed by atoms with Crippen molar-refractivity contribution >= 4 is 5.91 Å². The summed E-state index contributed by atoms with van der Waals surface area (Å²) in [5.41, 5.74) is 5.29. The normalized spacial score (nSPS) is 19.6. The molecule has 0 aromatic carbocycles. The molecule has 0 bridgehead atoms. The zero-order valence-corrected chi connectivity index (χ0v) is 8.83. The number of carbonyl (C=O) groups excluding carboxylic acids is 1. The van der Waals surface area contributed by atoms with Crippen LogP contribution in [0.1, 0.15) is 0 Å². The minimum atomic E-state index is 0.0833. The van der Waals surface area contributed by atoms with Crippen LogP contribution in [0, 0.1) is 0 Å². The van der Waals surface area contributed by atoms with Crippen LogP contribution < -0.4 is 11.1 Å². The summed E-state index contributed by atoms with van der Waals surface area (Å²) in [4.78, 5) is 15.8. The Balaban J connectivity index is 2.14. The van der Waals surface area contributed by atoms with Gasteiger partial charge in [-0.1, -0.05) is 0 Å². The van der Waals surface area contributed by atoms with Gasteiger partial charge in [-0.15, -0.1) is 0 Å². The van der Waals surface area contributed by atoms with Crippen LogP contribution in [0.4, 0.5) is 0 Å². The predicted octanol–water partition coefficient (Wildman–Crippen LogP) is -1.69. The van der Waals surface area contributed by atoms with Crippen molar-refractivity contribution in [3.8, 4) is 0 Å². The predicted molar refractivity (Wildman–Crippen MR) is 56.0 cm³/mol. The van der Waals surface area contributed by atoms with Gasteiger partial charge >= 0.3 is 0 Å². The number of carbonyl (C=O) groups is 1. The van der Waals surface area contributed by atoms with E-state index in [4.69, 9.17) is 5.73 Å². The van der Waals surface area contributed by atoms with Crippen LogP contribution in [0.2, 0.25) is 0 Å². The van der Waals surface area contributed by atoms with E-state index in [9.17, 15) is 4.79 Å². The highest BCUT2D eigenvalue weighted by atomic mass is 16.2. The van der Waals surface area contributed by atoms with E-state index in [1.54, 1.807) is 0 Å². The lowest BCUT2D eigenvalue weighted by Gasteiger charge is -2.31. The van der Waals surface area contributed by atoms with Gasteiger partial charge in [0.1, 0.15) is 0 Å². The van der Waals surface area contributed by atoms with Crippen molar-refractivity contribution < 1.29 is 4.79 Å². The second-order valence-corrected chi connectivity index (χ2v) is 3.72. The molecule has 1 rings (SSSR count). The highest BCUT2D eigenvalue weighted by Gasteiger charge is 2.15. The number of hydrogen-bond donors (Lipinski definition) is 2. The van der Waals surface area contributed by atoms with E-state index in [0.29, 0.717) is 19.6 Å². The molecule has 0 radical (unpaired) electrons. The van der Waals surface area contributed by atoms with Crippen molar-refractivity contribution in [2.45, 2.75) is 0 Å². The molecule has 1 heterocycles. The van der Waals surface area contributed by atoms with Gasteiger partial charge < -0.3 is 16.0 Å². The van der Waals surface area contributed by atoms with Crippen molar-refractivity contribution in [1.82, 2.24) is 15.1 Å². The van der Waals surface area contributed by atoms with Gasteiger partial charge in [0.15, 0.2) is 0 Å². The average Bonchev–Trinajstić information content (AvgIpc) is 2.18. The largest absolute Gasteiger partial charge is 0.354 e. The molecule has 1 saturated heterocycles. The van der Waals surface area contributed by atoms with Crippen molar-refractivity contribution in [2.24, 2.45) is 5.73 Å². The lowest BCUT2D eigenvalue weighted by molar-refractivity contribution is -0.122. The molecule has 0 saturated carbocycles. The first-order valence-corrected chi connectivity index (χ1v) is 5.10. The van der Waals surface area contributed by atoms with E-state index in [2.05, 4.69) is 22.2 Å². The van der Waals surface area contributed by atoms with Gasteiger partial charge in [-0.25, -0.2) is 0 Å². The zero-order chi connectivity index (χ0) is 10.4. The van der Waals surface area contributed by atoms with Crippen LogP contribution in [0.5, 0.6) is 0 Å². The maximum Gasteiger partial charge on any atom is 0.234 e. The molecule has 1 aliphatic rings. The Bertz CT molecular complexity index is 178. The number of rotatable bonds is 4. The second kappa shape index (κ2) is 5.95. The molecule has 3 N–H and O–H groups in total. The van der Waals surface area contributed by atoms with Crippen molar-refractivity contribution in [2.75, 3.05) is 52.9 Å². The number of piperazine rings is 1. The molecule has 0 spiro atoms. The summed E-state index contributed by atoms with van der Waals surface area (Å²) in [5.74, 6) is 0.0833. The van der Waals surface area contributed by atoms with Gasteiger partial charge in [0, 0.05) is 39.3 Å². The summed E-state index contributed by atoms with van der Waals surface area (Å²) < 4.78 is 0. The third kappa shape index (κ3) is 4.04. The summed E-state index contributed by atoms with van der Waals surface area (Å²) >= 11 is 0. The highest BCUT2D eigenvalue weighted by molar-refractivity contribution is 5.77. The topological polar surface area (TPSA) is 61.6 Å². The molecule has 0 aromatic heterocycles. The fourth-order valence-corrected chi connectivity index (χ4v) is 1.48. The van der Waals surface area contributed by atoms with Crippen LogP contribution in [-0.2, 0) is 4.79 Å². The first-order valence-electron chi connectivity index (χ1n) is 5.10. The molecule has 0 unspecified atom stereocenters. The maximum atomic E-state index is 11.3. The van der Waals surface area contributed by atoms with Gasteiger partial charge in [0.05, 0.1) is 6.54 Å². The van der Waals surface area contributed by atoms with E-state index < -0.39 is 0 Å². The Morgan fingerprint density at radius 3 is 2.57 bits per heavy atom. The van der Waals surface area contributed by atoms with Crippen LogP contribution in [-0.4, -0.2) is 68.6 Å². The van der Waals surface area contributed by atoms with Crippen molar-refractivity contribution in [1.29, 1.82) is 0 Å². The number of likely N-dealkylation sites (N-methyl/N-ethyl adjacent to an activating group) is 1. The molecular weight excluding hydrogens is 184 g/mol. The summed E-state index contributed by atoms with van der Waals surface area (Å²) in [7, 11) is 2.10. The monoisotopic (exact) mass is 204 g/mol. The van der Waals surface area contributed by atoms with Gasteiger partial charge in [-0.05, 0) is 7.05 Å². The highest BCUT2D eigenvalue weighted by Crippen LogP contribution is 1.97. The first kappa shape index (κ1) is 11.4. The summed E-state index contributed by atoms with van der Waals surface area (Å²) in [6, 6.07) is 0. The molecule has 5 nitrogen and oxygen atoms in total. The lowest BCUT2D eigenvalue weighted by Crippen LogP contribution is -2.48. The Morgan fingerprint density at radius 1 is 1.36 bits per heavy atom. The van der Waals surface area contributed by atoms with Gasteiger partial charge in [0.2, 0.25) is 5.91 Å². The van der Waals surface area contributed by atoms with E-state index in [1.807, 2.05) is 0 Å². The molecule has 1 aliphatic heterocycles. The summed E-state index contributed by atoms with van der Waals surface area (Å²) in [6.07, 6.45) is 0. The summed E-state index contributed by atoms with van der Waals surface area (Å²) in [5, 5.41) is 2.77. The van der Waals surface area contributed by atoms with E-state index >= 15 is 0 Å². The number of nitrogens with zero attached hydrogens (tertiary/aromatic N) is 2. The molecule has 1 fully saturated rings. The van der Waals surface area contributed by atoms with E-state index in [-0.39, 0.29) is 5.91 Å². The number of nitrogens with one attached hydrogen (secondary N) is 1. The Kier molecular flexibility index (Phi) is 4.86. The number of nitrogens with two attached hydrogens (primary N) is 1. The molecule has 14 heavy (non-hydrogen) atoms. The fourth-order valence-electron chi connectivity index (χ4n) is 1.48. The minimum absolute atomic E-state index is 0.0833.